The Balaban J connectivity index is 1.49. The maximum Gasteiger partial charge on any atom is 0.135 e. The van der Waals surface area contributed by atoms with E-state index in [9.17, 15) is 5.26 Å². The van der Waals surface area contributed by atoms with E-state index in [0.717, 1.165) is 67.5 Å². The number of furan rings is 1. The molecule has 0 spiro atoms. The van der Waals surface area contributed by atoms with Gasteiger partial charge in [0.05, 0.1) is 22.3 Å². The monoisotopic (exact) mass is 527 g/mol. The van der Waals surface area contributed by atoms with Crippen molar-refractivity contribution < 1.29 is 4.42 Å². The van der Waals surface area contributed by atoms with E-state index >= 15 is 0 Å². The summed E-state index contributed by atoms with van der Waals surface area (Å²) in [5, 5.41) is 15.1. The Morgan fingerprint density at radius 1 is 0.707 bits per heavy atom. The van der Waals surface area contributed by atoms with Crippen molar-refractivity contribution in [2.45, 2.75) is 0 Å². The van der Waals surface area contributed by atoms with Crippen LogP contribution in [0, 0.1) is 11.3 Å². The Morgan fingerprint density at radius 3 is 2.10 bits per heavy atom. The second kappa shape index (κ2) is 9.01. The average molecular weight is 528 g/mol. The van der Waals surface area contributed by atoms with Crippen molar-refractivity contribution in [3.63, 3.8) is 0 Å². The predicted molar refractivity (Wildman–Crippen MR) is 168 cm³/mol. The SMILES string of the molecule is CN1C=CC(c2cc(C#N)c(-n3c4ccccc4c4ccccc43)c(-c3ccc4oc5ccccc5c4c3)c2)=CC1. The van der Waals surface area contributed by atoms with Gasteiger partial charge in [-0.3, -0.25) is 0 Å². The Hall–Kier alpha value is -5.53. The number of nitrogens with zero attached hydrogens (tertiary/aromatic N) is 3. The van der Waals surface area contributed by atoms with Crippen LogP contribution in [0.3, 0.4) is 0 Å². The van der Waals surface area contributed by atoms with Gasteiger partial charge in [0.15, 0.2) is 0 Å². The maximum atomic E-state index is 10.7. The maximum absolute atomic E-state index is 10.7. The highest BCUT2D eigenvalue weighted by Gasteiger charge is 2.21. The van der Waals surface area contributed by atoms with Gasteiger partial charge in [-0.15, -0.1) is 0 Å². The minimum atomic E-state index is 0.634. The average Bonchev–Trinajstić information content (AvgIpc) is 3.56. The number of nitriles is 1. The second-order valence-electron chi connectivity index (χ2n) is 10.6. The standard InChI is InChI=1S/C37H25N3O/c1-39-18-16-24(17-19-39)26-20-27(23-38)37(40-33-11-5-2-8-28(33)29-9-3-6-12-34(29)40)31(22-26)25-14-15-36-32(21-25)30-10-4-7-13-35(30)41-36/h2-18,20-22H,19H2,1H3. The van der Waals surface area contributed by atoms with E-state index in [2.05, 4.69) is 114 Å². The second-order valence-corrected chi connectivity index (χ2v) is 10.6. The molecule has 0 bridgehead atoms. The fraction of sp³-hybridized carbons (Fsp3) is 0.0541. The summed E-state index contributed by atoms with van der Waals surface area (Å²) in [7, 11) is 2.06. The number of benzene rings is 5. The summed E-state index contributed by atoms with van der Waals surface area (Å²) in [5.41, 5.74) is 9.59. The third-order valence-electron chi connectivity index (χ3n) is 8.16. The molecule has 0 fully saturated rings. The summed E-state index contributed by atoms with van der Waals surface area (Å²) in [5.74, 6) is 0. The first kappa shape index (κ1) is 23.4. The van der Waals surface area contributed by atoms with Crippen LogP contribution in [-0.4, -0.2) is 23.1 Å². The Morgan fingerprint density at radius 2 is 1.39 bits per heavy atom. The third kappa shape index (κ3) is 3.60. The molecule has 1 aliphatic rings. The molecule has 0 aliphatic carbocycles. The lowest BCUT2D eigenvalue weighted by Crippen LogP contribution is -2.13. The number of allylic oxidation sites excluding steroid dienone is 2. The quantitative estimate of drug-likeness (QED) is 0.230. The summed E-state index contributed by atoms with van der Waals surface area (Å²) in [6.45, 7) is 0.824. The van der Waals surface area contributed by atoms with Gasteiger partial charge in [0, 0.05) is 40.7 Å². The molecule has 0 unspecified atom stereocenters. The van der Waals surface area contributed by atoms with Gasteiger partial charge in [0.2, 0.25) is 0 Å². The molecule has 0 radical (unpaired) electrons. The molecule has 0 atom stereocenters. The molecule has 0 amide bonds. The van der Waals surface area contributed by atoms with Crippen molar-refractivity contribution in [1.29, 1.82) is 5.26 Å². The molecule has 2 aromatic heterocycles. The smallest absolute Gasteiger partial charge is 0.135 e. The number of likely N-dealkylation sites (N-methyl/N-ethyl adjacent to an activating group) is 1. The van der Waals surface area contributed by atoms with Gasteiger partial charge in [-0.2, -0.15) is 5.26 Å². The van der Waals surface area contributed by atoms with Crippen LogP contribution in [0.5, 0.6) is 0 Å². The summed E-state index contributed by atoms with van der Waals surface area (Å²) in [6, 6.07) is 38.2. The van der Waals surface area contributed by atoms with Crippen molar-refractivity contribution in [3.8, 4) is 22.9 Å². The topological polar surface area (TPSA) is 45.1 Å². The highest BCUT2D eigenvalue weighted by molar-refractivity contribution is 6.11. The molecular formula is C37H25N3O. The van der Waals surface area contributed by atoms with Crippen LogP contribution in [0.15, 0.2) is 126 Å². The van der Waals surface area contributed by atoms with Crippen LogP contribution < -0.4 is 0 Å². The van der Waals surface area contributed by atoms with Gasteiger partial charge >= 0.3 is 0 Å². The molecule has 194 valence electrons. The molecule has 4 nitrogen and oxygen atoms in total. The number of para-hydroxylation sites is 3. The lowest BCUT2D eigenvalue weighted by atomic mass is 9.92. The zero-order chi connectivity index (χ0) is 27.5. The summed E-state index contributed by atoms with van der Waals surface area (Å²) in [4.78, 5) is 2.14. The van der Waals surface area contributed by atoms with Gasteiger partial charge in [-0.25, -0.2) is 0 Å². The van der Waals surface area contributed by atoms with E-state index in [1.54, 1.807) is 0 Å². The van der Waals surface area contributed by atoms with E-state index in [4.69, 9.17) is 4.42 Å². The molecule has 41 heavy (non-hydrogen) atoms. The van der Waals surface area contributed by atoms with Crippen LogP contribution in [0.2, 0.25) is 0 Å². The van der Waals surface area contributed by atoms with Gasteiger partial charge in [-0.05, 0) is 71.4 Å². The molecule has 8 rings (SSSR count). The van der Waals surface area contributed by atoms with Crippen molar-refractivity contribution in [2.24, 2.45) is 0 Å². The van der Waals surface area contributed by atoms with Gasteiger partial charge in [-0.1, -0.05) is 66.7 Å². The normalized spacial score (nSPS) is 13.4. The van der Waals surface area contributed by atoms with E-state index in [-0.39, 0.29) is 0 Å². The van der Waals surface area contributed by atoms with Crippen molar-refractivity contribution in [3.05, 3.63) is 133 Å². The predicted octanol–water partition coefficient (Wildman–Crippen LogP) is 9.06. The minimum absolute atomic E-state index is 0.634. The first-order valence-corrected chi connectivity index (χ1v) is 13.8. The van der Waals surface area contributed by atoms with Crippen LogP contribution >= 0.6 is 0 Å². The molecule has 0 N–H and O–H groups in total. The van der Waals surface area contributed by atoms with Gasteiger partial charge < -0.3 is 13.9 Å². The fourth-order valence-electron chi connectivity index (χ4n) is 6.20. The minimum Gasteiger partial charge on any atom is -0.456 e. The third-order valence-corrected chi connectivity index (χ3v) is 8.16. The number of fused-ring (bicyclic) bond motifs is 6. The van der Waals surface area contributed by atoms with Crippen LogP contribution in [0.4, 0.5) is 0 Å². The lowest BCUT2D eigenvalue weighted by molar-refractivity contribution is 0.506. The molecule has 3 heterocycles. The summed E-state index contributed by atoms with van der Waals surface area (Å²) >= 11 is 0. The van der Waals surface area contributed by atoms with Crippen molar-refractivity contribution in [1.82, 2.24) is 9.47 Å². The molecule has 1 aliphatic heterocycles. The molecule has 0 saturated heterocycles. The Bertz CT molecular complexity index is 2220. The molecule has 4 heteroatoms. The number of hydrogen-bond donors (Lipinski definition) is 0. The molecular weight excluding hydrogens is 502 g/mol. The van der Waals surface area contributed by atoms with Gasteiger partial charge in [0.1, 0.15) is 17.2 Å². The Kier molecular flexibility index (Phi) is 5.13. The van der Waals surface area contributed by atoms with Crippen LogP contribution in [0.1, 0.15) is 11.1 Å². The lowest BCUT2D eigenvalue weighted by Gasteiger charge is -2.21. The Labute approximate surface area is 237 Å². The van der Waals surface area contributed by atoms with Crippen molar-refractivity contribution >= 4 is 49.3 Å². The summed E-state index contributed by atoms with van der Waals surface area (Å²) in [6.07, 6.45) is 6.43. The first-order chi connectivity index (χ1) is 20.2. The number of hydrogen-bond acceptors (Lipinski definition) is 3. The summed E-state index contributed by atoms with van der Waals surface area (Å²) < 4.78 is 8.42. The number of rotatable bonds is 3. The van der Waals surface area contributed by atoms with E-state index in [0.29, 0.717) is 5.56 Å². The zero-order valence-corrected chi connectivity index (χ0v) is 22.5. The molecule has 0 saturated carbocycles. The zero-order valence-electron chi connectivity index (χ0n) is 22.5. The molecule has 5 aromatic carbocycles. The first-order valence-electron chi connectivity index (χ1n) is 13.8. The van der Waals surface area contributed by atoms with Gasteiger partial charge in [0.25, 0.3) is 0 Å². The largest absolute Gasteiger partial charge is 0.456 e. The van der Waals surface area contributed by atoms with E-state index in [1.807, 2.05) is 30.3 Å². The fourth-order valence-corrected chi connectivity index (χ4v) is 6.20. The van der Waals surface area contributed by atoms with E-state index < -0.39 is 0 Å². The molecule has 7 aromatic rings. The highest BCUT2D eigenvalue weighted by atomic mass is 16.3. The highest BCUT2D eigenvalue weighted by Crippen LogP contribution is 2.41. The van der Waals surface area contributed by atoms with E-state index in [1.165, 1.54) is 10.8 Å². The van der Waals surface area contributed by atoms with Crippen LogP contribution in [-0.2, 0) is 0 Å². The number of aromatic nitrogens is 1. The van der Waals surface area contributed by atoms with Crippen LogP contribution in [0.25, 0.3) is 66.1 Å². The van der Waals surface area contributed by atoms with Crippen molar-refractivity contribution in [2.75, 3.05) is 13.6 Å².